The van der Waals surface area contributed by atoms with Gasteiger partial charge in [0.05, 0.1) is 12.9 Å². The average molecular weight is 319 g/mol. The Morgan fingerprint density at radius 3 is 2.79 bits per heavy atom. The van der Waals surface area contributed by atoms with Gasteiger partial charge in [0.2, 0.25) is 5.91 Å². The van der Waals surface area contributed by atoms with E-state index in [0.717, 1.165) is 6.42 Å². The summed E-state index contributed by atoms with van der Waals surface area (Å²) in [7, 11) is 0. The van der Waals surface area contributed by atoms with Crippen LogP contribution in [0.2, 0.25) is 0 Å². The normalized spacial score (nSPS) is 13.6. The highest BCUT2D eigenvalue weighted by molar-refractivity contribution is 5.99. The number of benzene rings is 1. The van der Waals surface area contributed by atoms with Crippen molar-refractivity contribution >= 4 is 17.4 Å². The Kier molecular flexibility index (Phi) is 4.09. The molecule has 24 heavy (non-hydrogen) atoms. The van der Waals surface area contributed by atoms with Crippen molar-refractivity contribution in [2.45, 2.75) is 19.4 Å². The molecule has 2 heterocycles. The largest absolute Gasteiger partial charge is 0.313 e. The van der Waals surface area contributed by atoms with Crippen molar-refractivity contribution in [2.75, 3.05) is 11.4 Å². The van der Waals surface area contributed by atoms with Crippen molar-refractivity contribution in [3.63, 3.8) is 0 Å². The summed E-state index contributed by atoms with van der Waals surface area (Å²) >= 11 is 0. The summed E-state index contributed by atoms with van der Waals surface area (Å²) in [5, 5.41) is 18.0. The third kappa shape index (κ3) is 2.75. The van der Waals surface area contributed by atoms with Crippen LogP contribution in [0.15, 0.2) is 30.6 Å². The quantitative estimate of drug-likeness (QED) is 0.797. The molecule has 0 spiro atoms. The zero-order chi connectivity index (χ0) is 17.1. The van der Waals surface area contributed by atoms with Gasteiger partial charge in [-0.1, -0.05) is 12.1 Å². The zero-order valence-corrected chi connectivity index (χ0v) is 12.8. The first-order valence-corrected chi connectivity index (χ1v) is 7.43. The van der Waals surface area contributed by atoms with Gasteiger partial charge < -0.3 is 9.47 Å². The van der Waals surface area contributed by atoms with Gasteiger partial charge in [0, 0.05) is 24.2 Å². The van der Waals surface area contributed by atoms with Gasteiger partial charge in [-0.05, 0) is 18.6 Å². The Balaban J connectivity index is 1.84. The van der Waals surface area contributed by atoms with Gasteiger partial charge in [-0.3, -0.25) is 9.59 Å². The van der Waals surface area contributed by atoms with E-state index in [0.29, 0.717) is 24.2 Å². The second-order valence-corrected chi connectivity index (χ2v) is 5.42. The smallest absolute Gasteiger partial charge is 0.227 e. The highest BCUT2D eigenvalue weighted by Gasteiger charge is 2.22. The van der Waals surface area contributed by atoms with Gasteiger partial charge in [0.25, 0.3) is 0 Å². The van der Waals surface area contributed by atoms with Crippen LogP contribution in [0.3, 0.4) is 0 Å². The molecule has 1 aliphatic heterocycles. The highest BCUT2D eigenvalue weighted by atomic mass is 16.2. The van der Waals surface area contributed by atoms with E-state index in [1.807, 2.05) is 12.1 Å². The number of amides is 1. The number of aromatic nitrogens is 2. The molecule has 0 aliphatic carbocycles. The molecule has 0 bridgehead atoms. The van der Waals surface area contributed by atoms with Crippen LogP contribution >= 0.6 is 0 Å². The average Bonchev–Trinajstić information content (AvgIpc) is 3.20. The Morgan fingerprint density at radius 1 is 1.29 bits per heavy atom. The van der Waals surface area contributed by atoms with Crippen LogP contribution in [0.1, 0.15) is 34.6 Å². The summed E-state index contributed by atoms with van der Waals surface area (Å²) in [6, 6.07) is 10.6. The minimum atomic E-state index is -0.220. The molecule has 0 atom stereocenters. The van der Waals surface area contributed by atoms with E-state index in [1.54, 1.807) is 29.2 Å². The SMILES string of the molecule is N#Cc1ncn(CC(=O)c2cccc(N3CCCC3=O)c2)c1C#N. The van der Waals surface area contributed by atoms with Crippen LogP contribution in [0.25, 0.3) is 0 Å². The third-order valence-electron chi connectivity index (χ3n) is 3.92. The van der Waals surface area contributed by atoms with Crippen LogP contribution in [-0.4, -0.2) is 27.8 Å². The van der Waals surface area contributed by atoms with Crippen molar-refractivity contribution in [3.8, 4) is 12.1 Å². The summed E-state index contributed by atoms with van der Waals surface area (Å²) in [4.78, 5) is 29.8. The van der Waals surface area contributed by atoms with Crippen molar-refractivity contribution in [1.82, 2.24) is 9.55 Å². The molecule has 7 heteroatoms. The minimum absolute atomic E-state index is 0.00159. The van der Waals surface area contributed by atoms with E-state index in [-0.39, 0.29) is 29.6 Å². The van der Waals surface area contributed by atoms with Crippen molar-refractivity contribution in [1.29, 1.82) is 10.5 Å². The van der Waals surface area contributed by atoms with Crippen LogP contribution in [-0.2, 0) is 11.3 Å². The molecule has 1 fully saturated rings. The lowest BCUT2D eigenvalue weighted by Gasteiger charge is -2.16. The van der Waals surface area contributed by atoms with E-state index in [1.165, 1.54) is 10.9 Å². The van der Waals surface area contributed by atoms with E-state index in [2.05, 4.69) is 4.98 Å². The lowest BCUT2D eigenvalue weighted by molar-refractivity contribution is -0.117. The number of Topliss-reactive ketones (excluding diaryl/α,β-unsaturated/α-hetero) is 1. The third-order valence-corrected chi connectivity index (χ3v) is 3.92. The molecule has 3 rings (SSSR count). The van der Waals surface area contributed by atoms with Gasteiger partial charge >= 0.3 is 0 Å². The molecule has 1 amide bonds. The molecular formula is C17H13N5O2. The lowest BCUT2D eigenvalue weighted by atomic mass is 10.1. The van der Waals surface area contributed by atoms with Gasteiger partial charge in [0.1, 0.15) is 12.1 Å². The topological polar surface area (TPSA) is 103 Å². The van der Waals surface area contributed by atoms with E-state index in [4.69, 9.17) is 10.5 Å². The Morgan fingerprint density at radius 2 is 2.12 bits per heavy atom. The highest BCUT2D eigenvalue weighted by Crippen LogP contribution is 2.22. The number of ketones is 1. The molecule has 7 nitrogen and oxygen atoms in total. The fourth-order valence-corrected chi connectivity index (χ4v) is 2.72. The zero-order valence-electron chi connectivity index (χ0n) is 12.8. The van der Waals surface area contributed by atoms with Crippen molar-refractivity contribution in [2.24, 2.45) is 0 Å². The Labute approximate surface area is 138 Å². The molecule has 0 saturated carbocycles. The lowest BCUT2D eigenvalue weighted by Crippen LogP contribution is -2.24. The van der Waals surface area contributed by atoms with Crippen LogP contribution in [0, 0.1) is 22.7 Å². The summed E-state index contributed by atoms with van der Waals surface area (Å²) in [5.74, 6) is -0.165. The van der Waals surface area contributed by atoms with Crippen molar-refractivity contribution in [3.05, 3.63) is 47.5 Å². The van der Waals surface area contributed by atoms with E-state index in [9.17, 15) is 9.59 Å². The van der Waals surface area contributed by atoms with Crippen LogP contribution in [0.4, 0.5) is 5.69 Å². The Bertz CT molecular complexity index is 900. The van der Waals surface area contributed by atoms with Crippen LogP contribution in [0.5, 0.6) is 0 Å². The first kappa shape index (κ1) is 15.4. The monoisotopic (exact) mass is 319 g/mol. The molecule has 0 radical (unpaired) electrons. The predicted octanol–water partition coefficient (Wildman–Crippen LogP) is 1.64. The first-order chi connectivity index (χ1) is 11.6. The number of nitriles is 2. The molecule has 0 N–H and O–H groups in total. The number of hydrogen-bond donors (Lipinski definition) is 0. The summed E-state index contributed by atoms with van der Waals surface area (Å²) in [5.41, 5.74) is 1.22. The molecule has 118 valence electrons. The fraction of sp³-hybridized carbons (Fsp3) is 0.235. The molecule has 1 saturated heterocycles. The maximum absolute atomic E-state index is 12.5. The maximum Gasteiger partial charge on any atom is 0.227 e. The number of carbonyl (C=O) groups is 2. The number of anilines is 1. The maximum atomic E-state index is 12.5. The molecule has 1 aromatic carbocycles. The molecular weight excluding hydrogens is 306 g/mol. The fourth-order valence-electron chi connectivity index (χ4n) is 2.72. The van der Waals surface area contributed by atoms with Crippen LogP contribution < -0.4 is 4.90 Å². The number of imidazole rings is 1. The Hall–Kier alpha value is -3.45. The molecule has 2 aromatic rings. The van der Waals surface area contributed by atoms with Gasteiger partial charge in [-0.25, -0.2) is 4.98 Å². The molecule has 1 aromatic heterocycles. The predicted molar refractivity (Wildman–Crippen MR) is 84.0 cm³/mol. The summed E-state index contributed by atoms with van der Waals surface area (Å²) in [6.45, 7) is 0.567. The standard InChI is InChI=1S/C17H13N5O2/c18-8-14-15(9-19)21(11-20-14)10-16(23)12-3-1-4-13(7-12)22-6-2-5-17(22)24/h1,3-4,7,11H,2,5-6,10H2. The molecule has 0 unspecified atom stereocenters. The number of rotatable bonds is 4. The number of nitrogens with zero attached hydrogens (tertiary/aromatic N) is 5. The second kappa shape index (κ2) is 6.35. The van der Waals surface area contributed by atoms with E-state index < -0.39 is 0 Å². The first-order valence-electron chi connectivity index (χ1n) is 7.43. The van der Waals surface area contributed by atoms with Gasteiger partial charge in [-0.15, -0.1) is 0 Å². The summed E-state index contributed by atoms with van der Waals surface area (Å²) < 4.78 is 1.36. The number of carbonyl (C=O) groups excluding carboxylic acids is 2. The minimum Gasteiger partial charge on any atom is -0.313 e. The van der Waals surface area contributed by atoms with Crippen molar-refractivity contribution < 1.29 is 9.59 Å². The van der Waals surface area contributed by atoms with E-state index >= 15 is 0 Å². The second-order valence-electron chi connectivity index (χ2n) is 5.42. The summed E-state index contributed by atoms with van der Waals surface area (Å²) in [6.07, 6.45) is 2.65. The molecule has 1 aliphatic rings. The van der Waals surface area contributed by atoms with Gasteiger partial charge in [-0.2, -0.15) is 10.5 Å². The van der Waals surface area contributed by atoms with Gasteiger partial charge in [0.15, 0.2) is 17.2 Å². The number of hydrogen-bond acceptors (Lipinski definition) is 5.